The van der Waals surface area contributed by atoms with Crippen LogP contribution in [-0.4, -0.2) is 53.1 Å². The molecule has 1 aliphatic rings. The predicted molar refractivity (Wildman–Crippen MR) is 153 cm³/mol. The number of nitrogens with zero attached hydrogens (tertiary/aromatic N) is 4. The maximum Gasteiger partial charge on any atom is 0.433 e. The third kappa shape index (κ3) is 7.55. The first kappa shape index (κ1) is 30.3. The molecule has 0 bridgehead atoms. The van der Waals surface area contributed by atoms with Gasteiger partial charge in [0.05, 0.1) is 30.6 Å². The molecule has 1 fully saturated rings. The van der Waals surface area contributed by atoms with Gasteiger partial charge in [-0.1, -0.05) is 6.07 Å². The quantitative estimate of drug-likeness (QED) is 0.337. The predicted octanol–water partition coefficient (Wildman–Crippen LogP) is 5.71. The Kier molecular flexibility index (Phi) is 9.53. The Bertz CT molecular complexity index is 1320. The number of ether oxygens (including phenoxy) is 1. The molecule has 1 amide bonds. The Hall–Kier alpha value is -3.66. The monoisotopic (exact) mass is 569 g/mol. The van der Waals surface area contributed by atoms with Crippen LogP contribution < -0.4 is 15.4 Å². The number of hydrogen-bond acceptors (Lipinski definition) is 6. The van der Waals surface area contributed by atoms with Gasteiger partial charge in [0, 0.05) is 36.6 Å². The van der Waals surface area contributed by atoms with E-state index in [2.05, 4.69) is 26.7 Å². The van der Waals surface area contributed by atoms with Crippen LogP contribution in [0.1, 0.15) is 64.9 Å². The van der Waals surface area contributed by atoms with Crippen LogP contribution in [0.25, 0.3) is 0 Å². The number of anilines is 1. The lowest BCUT2D eigenvalue weighted by Gasteiger charge is -2.42. The molecule has 0 spiro atoms. The maximum absolute atomic E-state index is 13.3. The van der Waals surface area contributed by atoms with Crippen molar-refractivity contribution in [3.8, 4) is 5.75 Å². The second-order valence-electron chi connectivity index (χ2n) is 10.7. The number of aromatic nitrogens is 2. The van der Waals surface area contributed by atoms with Gasteiger partial charge >= 0.3 is 6.18 Å². The largest absolute Gasteiger partial charge is 0.497 e. The van der Waals surface area contributed by atoms with Crippen molar-refractivity contribution in [2.75, 3.05) is 25.1 Å². The van der Waals surface area contributed by atoms with Crippen molar-refractivity contribution in [3.05, 3.63) is 82.4 Å². The fourth-order valence-corrected chi connectivity index (χ4v) is 5.69. The number of nitrogens with two attached hydrogens (primary N) is 1. The molecule has 1 atom stereocenters. The van der Waals surface area contributed by atoms with Gasteiger partial charge in [-0.3, -0.25) is 9.78 Å². The summed E-state index contributed by atoms with van der Waals surface area (Å²) in [5.74, 6) is 0.265. The molecule has 2 N–H and O–H groups in total. The van der Waals surface area contributed by atoms with Crippen LogP contribution in [0.3, 0.4) is 0 Å². The Labute approximate surface area is 239 Å². The van der Waals surface area contributed by atoms with E-state index in [1.165, 1.54) is 6.07 Å². The lowest BCUT2D eigenvalue weighted by Crippen LogP contribution is -2.47. The lowest BCUT2D eigenvalue weighted by atomic mass is 9.98. The number of rotatable bonds is 10. The van der Waals surface area contributed by atoms with Crippen molar-refractivity contribution in [2.45, 2.75) is 71.3 Å². The van der Waals surface area contributed by atoms with Crippen molar-refractivity contribution >= 4 is 11.6 Å². The van der Waals surface area contributed by atoms with E-state index in [1.807, 2.05) is 44.2 Å². The third-order valence-electron chi connectivity index (χ3n) is 7.91. The number of likely N-dealkylation sites (tertiary alicyclic amines) is 1. The molecule has 1 aromatic carbocycles. The minimum atomic E-state index is -4.49. The van der Waals surface area contributed by atoms with Gasteiger partial charge in [-0.25, -0.2) is 4.98 Å². The van der Waals surface area contributed by atoms with Gasteiger partial charge in [0.25, 0.3) is 5.91 Å². The number of piperidine rings is 1. The van der Waals surface area contributed by atoms with Gasteiger partial charge in [0.1, 0.15) is 11.4 Å². The zero-order chi connectivity index (χ0) is 29.7. The average molecular weight is 570 g/mol. The molecule has 10 heteroatoms. The topological polar surface area (TPSA) is 84.6 Å². The summed E-state index contributed by atoms with van der Waals surface area (Å²) >= 11 is 0. The Morgan fingerprint density at radius 3 is 2.37 bits per heavy atom. The van der Waals surface area contributed by atoms with Crippen molar-refractivity contribution in [1.29, 1.82) is 0 Å². The number of pyridine rings is 2. The van der Waals surface area contributed by atoms with Crippen LogP contribution in [-0.2, 0) is 19.1 Å². The minimum absolute atomic E-state index is 0.150. The van der Waals surface area contributed by atoms with Crippen LogP contribution in [0.4, 0.5) is 18.9 Å². The number of carbonyl (C=O) groups excluding carboxylic acids is 1. The smallest absolute Gasteiger partial charge is 0.433 e. The molecule has 3 heterocycles. The fourth-order valence-electron chi connectivity index (χ4n) is 5.69. The van der Waals surface area contributed by atoms with Crippen LogP contribution >= 0.6 is 0 Å². The number of carbonyl (C=O) groups is 1. The zero-order valence-electron chi connectivity index (χ0n) is 24.0. The Morgan fingerprint density at radius 1 is 1.10 bits per heavy atom. The van der Waals surface area contributed by atoms with E-state index in [1.54, 1.807) is 13.2 Å². The van der Waals surface area contributed by atoms with Crippen molar-refractivity contribution in [3.63, 3.8) is 0 Å². The summed E-state index contributed by atoms with van der Waals surface area (Å²) < 4.78 is 45.3. The average Bonchev–Trinajstić information content (AvgIpc) is 2.94. The molecule has 3 aromatic rings. The molecule has 1 saturated heterocycles. The summed E-state index contributed by atoms with van der Waals surface area (Å²) in [6.45, 7) is 7.94. The highest BCUT2D eigenvalue weighted by Crippen LogP contribution is 2.31. The number of hydrogen-bond donors (Lipinski definition) is 1. The summed E-state index contributed by atoms with van der Waals surface area (Å²) in [5.41, 5.74) is 8.87. The molecule has 7 nitrogen and oxygen atoms in total. The first-order valence-corrected chi connectivity index (χ1v) is 13.9. The molecule has 0 saturated carbocycles. The summed E-state index contributed by atoms with van der Waals surface area (Å²) in [6.07, 6.45) is -1.03. The molecular weight excluding hydrogens is 531 g/mol. The number of amides is 1. The Morgan fingerprint density at radius 2 is 1.78 bits per heavy atom. The molecule has 0 radical (unpaired) electrons. The fraction of sp³-hybridized carbons (Fsp3) is 0.452. The van der Waals surface area contributed by atoms with Crippen LogP contribution in [0, 0.1) is 13.8 Å². The molecule has 0 unspecified atom stereocenters. The van der Waals surface area contributed by atoms with Crippen LogP contribution in [0.15, 0.2) is 48.5 Å². The molecule has 220 valence electrons. The van der Waals surface area contributed by atoms with Gasteiger partial charge in [0.15, 0.2) is 0 Å². The second kappa shape index (κ2) is 12.9. The van der Waals surface area contributed by atoms with Gasteiger partial charge in [-0.05, 0) is 94.5 Å². The standard InChI is InChI=1S/C31H38F3N5O2/c1-20-18-23(36-22(3)29(20)30(35)40)9-8-21(2)38-16-14-26(15-17-38)39(25-10-12-27(41-4)13-11-25)19-24-6-5-7-28(37-24)31(32,33)34/h5-7,10-13,18,21,26H,8-9,14-17,19H2,1-4H3,(H2,35,40)/t21-/m1/s1. The summed E-state index contributed by atoms with van der Waals surface area (Å²) in [5, 5.41) is 0. The molecule has 0 aliphatic carbocycles. The van der Waals surface area contributed by atoms with Crippen molar-refractivity contribution in [1.82, 2.24) is 14.9 Å². The summed E-state index contributed by atoms with van der Waals surface area (Å²) in [7, 11) is 1.60. The number of primary amides is 1. The SMILES string of the molecule is COc1ccc(N(Cc2cccc(C(F)(F)F)n2)C2CCN([C@H](C)CCc3cc(C)c(C(N)=O)c(C)n3)CC2)cc1. The van der Waals surface area contributed by atoms with E-state index < -0.39 is 17.8 Å². The normalized spacial score (nSPS) is 15.5. The highest BCUT2D eigenvalue weighted by Gasteiger charge is 2.33. The number of benzene rings is 1. The third-order valence-corrected chi connectivity index (χ3v) is 7.91. The van der Waals surface area contributed by atoms with Crippen molar-refractivity contribution < 1.29 is 22.7 Å². The molecule has 4 rings (SSSR count). The minimum Gasteiger partial charge on any atom is -0.497 e. The summed E-state index contributed by atoms with van der Waals surface area (Å²) in [6, 6.07) is 14.1. The van der Waals surface area contributed by atoms with Crippen LogP contribution in [0.5, 0.6) is 5.75 Å². The highest BCUT2D eigenvalue weighted by atomic mass is 19.4. The second-order valence-corrected chi connectivity index (χ2v) is 10.7. The van der Waals surface area contributed by atoms with E-state index in [9.17, 15) is 18.0 Å². The van der Waals surface area contributed by atoms with Gasteiger partial charge in [-0.2, -0.15) is 13.2 Å². The van der Waals surface area contributed by atoms with E-state index in [0.29, 0.717) is 23.0 Å². The summed E-state index contributed by atoms with van der Waals surface area (Å²) in [4.78, 5) is 24.9. The Balaban J connectivity index is 1.43. The molecule has 2 aromatic heterocycles. The van der Waals surface area contributed by atoms with Crippen LogP contribution in [0.2, 0.25) is 0 Å². The van der Waals surface area contributed by atoms with Gasteiger partial charge in [0.2, 0.25) is 0 Å². The first-order valence-electron chi connectivity index (χ1n) is 13.9. The lowest BCUT2D eigenvalue weighted by molar-refractivity contribution is -0.141. The van der Waals surface area contributed by atoms with E-state index >= 15 is 0 Å². The number of methoxy groups -OCH3 is 1. The van der Waals surface area contributed by atoms with Crippen molar-refractivity contribution in [2.24, 2.45) is 5.73 Å². The maximum atomic E-state index is 13.3. The number of alkyl halides is 3. The molecular formula is C31H38F3N5O2. The molecule has 1 aliphatic heterocycles. The van der Waals surface area contributed by atoms with E-state index in [4.69, 9.17) is 10.5 Å². The van der Waals surface area contributed by atoms with Gasteiger partial charge in [-0.15, -0.1) is 0 Å². The first-order chi connectivity index (χ1) is 19.5. The van der Waals surface area contributed by atoms with Gasteiger partial charge < -0.3 is 20.3 Å². The highest BCUT2D eigenvalue weighted by molar-refractivity contribution is 5.95. The van der Waals surface area contributed by atoms with E-state index in [0.717, 1.165) is 67.5 Å². The molecule has 41 heavy (non-hydrogen) atoms. The zero-order valence-corrected chi connectivity index (χ0v) is 24.0. The number of aryl methyl sites for hydroxylation is 3. The van der Waals surface area contributed by atoms with E-state index in [-0.39, 0.29) is 12.6 Å². The number of halogens is 3.